The molecule has 0 unspecified atom stereocenters. The predicted molar refractivity (Wildman–Crippen MR) is 76.2 cm³/mol. The molecule has 0 saturated heterocycles. The largest absolute Gasteiger partial charge is 0.300 e. The molecule has 0 spiro atoms. The fourth-order valence-electron chi connectivity index (χ4n) is 3.16. The summed E-state index contributed by atoms with van der Waals surface area (Å²) in [5.74, 6) is 0.400. The Bertz CT molecular complexity index is 553. The van der Waals surface area contributed by atoms with Crippen molar-refractivity contribution >= 4 is 5.78 Å². The van der Waals surface area contributed by atoms with Crippen LogP contribution in [0.3, 0.4) is 0 Å². The van der Waals surface area contributed by atoms with Gasteiger partial charge in [0, 0.05) is 19.4 Å². The summed E-state index contributed by atoms with van der Waals surface area (Å²) in [7, 11) is 0. The van der Waals surface area contributed by atoms with Crippen molar-refractivity contribution < 1.29 is 4.79 Å². The van der Waals surface area contributed by atoms with E-state index in [-0.39, 0.29) is 5.41 Å². The molecule has 0 amide bonds. The number of carbonyl (C=O) groups is 1. The second kappa shape index (κ2) is 5.57. The van der Waals surface area contributed by atoms with Gasteiger partial charge in [0.25, 0.3) is 0 Å². The lowest BCUT2D eigenvalue weighted by molar-refractivity contribution is -0.121. The van der Waals surface area contributed by atoms with Crippen molar-refractivity contribution in [1.29, 1.82) is 0 Å². The van der Waals surface area contributed by atoms with E-state index in [4.69, 9.17) is 0 Å². The minimum atomic E-state index is 0.112. The van der Waals surface area contributed by atoms with Crippen LogP contribution in [0.5, 0.6) is 0 Å². The molecule has 3 rings (SSSR count). The van der Waals surface area contributed by atoms with Crippen LogP contribution in [0.4, 0.5) is 0 Å². The van der Waals surface area contributed by atoms with E-state index in [0.29, 0.717) is 18.6 Å². The molecule has 0 aliphatic heterocycles. The van der Waals surface area contributed by atoms with Crippen LogP contribution < -0.4 is 0 Å². The van der Waals surface area contributed by atoms with Gasteiger partial charge in [0.1, 0.15) is 18.4 Å². The summed E-state index contributed by atoms with van der Waals surface area (Å²) in [4.78, 5) is 15.6. The molecular weight excluding hydrogens is 250 g/mol. The molecule has 1 saturated carbocycles. The minimum Gasteiger partial charge on any atom is -0.300 e. The van der Waals surface area contributed by atoms with Gasteiger partial charge in [-0.2, -0.15) is 5.10 Å². The molecule has 0 radical (unpaired) electrons. The molecule has 4 nitrogen and oxygen atoms in total. The number of ketones is 1. The fraction of sp³-hybridized carbons (Fsp3) is 0.438. The number of hydrogen-bond donors (Lipinski definition) is 0. The average molecular weight is 269 g/mol. The van der Waals surface area contributed by atoms with Crippen molar-refractivity contribution in [1.82, 2.24) is 14.8 Å². The lowest BCUT2D eigenvalue weighted by Crippen LogP contribution is -2.33. The Morgan fingerprint density at radius 1 is 1.15 bits per heavy atom. The Hall–Kier alpha value is -1.97. The number of hydrogen-bond acceptors (Lipinski definition) is 3. The first kappa shape index (κ1) is 13.0. The Balaban J connectivity index is 1.82. The van der Waals surface area contributed by atoms with E-state index in [0.717, 1.165) is 25.8 Å². The van der Waals surface area contributed by atoms with Crippen LogP contribution in [0.2, 0.25) is 0 Å². The first-order chi connectivity index (χ1) is 9.78. The smallest absolute Gasteiger partial charge is 0.137 e. The van der Waals surface area contributed by atoms with Gasteiger partial charge in [0.15, 0.2) is 0 Å². The predicted octanol–water partition coefficient (Wildman–Crippen LogP) is 2.75. The highest BCUT2D eigenvalue weighted by Crippen LogP contribution is 2.41. The van der Waals surface area contributed by atoms with Crippen LogP contribution in [0.25, 0.3) is 0 Å². The molecule has 0 atom stereocenters. The van der Waals surface area contributed by atoms with Gasteiger partial charge in [-0.25, -0.2) is 4.98 Å². The van der Waals surface area contributed by atoms with Crippen LogP contribution in [0.15, 0.2) is 43.0 Å². The molecule has 4 heteroatoms. The number of benzene rings is 1. The molecule has 1 aromatic carbocycles. The Labute approximate surface area is 118 Å². The highest BCUT2D eigenvalue weighted by atomic mass is 16.1. The van der Waals surface area contributed by atoms with E-state index in [2.05, 4.69) is 34.3 Å². The van der Waals surface area contributed by atoms with Gasteiger partial charge in [0.05, 0.1) is 0 Å². The summed E-state index contributed by atoms with van der Waals surface area (Å²) in [5.41, 5.74) is 1.47. The van der Waals surface area contributed by atoms with E-state index in [1.807, 2.05) is 10.7 Å². The van der Waals surface area contributed by atoms with Crippen LogP contribution >= 0.6 is 0 Å². The number of aromatic nitrogens is 3. The number of rotatable bonds is 4. The molecule has 104 valence electrons. The van der Waals surface area contributed by atoms with Crippen LogP contribution in [0, 0.1) is 0 Å². The summed E-state index contributed by atoms with van der Waals surface area (Å²) in [6.45, 7) is 0.850. The molecule has 2 aromatic rings. The first-order valence-electron chi connectivity index (χ1n) is 7.18. The topological polar surface area (TPSA) is 47.8 Å². The average Bonchev–Trinajstić information content (AvgIpc) is 3.01. The highest BCUT2D eigenvalue weighted by molar-refractivity contribution is 5.79. The third kappa shape index (κ3) is 2.64. The molecule has 1 fully saturated rings. The number of nitrogens with zero attached hydrogens (tertiary/aromatic N) is 3. The zero-order chi connectivity index (χ0) is 13.8. The molecule has 1 aliphatic carbocycles. The summed E-state index contributed by atoms with van der Waals surface area (Å²) >= 11 is 0. The maximum atomic E-state index is 11.6. The maximum Gasteiger partial charge on any atom is 0.137 e. The summed E-state index contributed by atoms with van der Waals surface area (Å²) in [5, 5.41) is 4.18. The molecule has 1 aliphatic rings. The second-order valence-electron chi connectivity index (χ2n) is 5.59. The van der Waals surface area contributed by atoms with Gasteiger partial charge >= 0.3 is 0 Å². The molecule has 1 heterocycles. The quantitative estimate of drug-likeness (QED) is 0.857. The van der Waals surface area contributed by atoms with Crippen LogP contribution in [0.1, 0.15) is 37.7 Å². The third-order valence-corrected chi connectivity index (χ3v) is 4.44. The van der Waals surface area contributed by atoms with Gasteiger partial charge in [-0.05, 0) is 30.2 Å². The Morgan fingerprint density at radius 2 is 1.90 bits per heavy atom. The van der Waals surface area contributed by atoms with Crippen LogP contribution in [-0.4, -0.2) is 20.5 Å². The normalized spacial score (nSPS) is 18.1. The summed E-state index contributed by atoms with van der Waals surface area (Å²) < 4.78 is 1.88. The summed E-state index contributed by atoms with van der Waals surface area (Å²) in [6.07, 6.45) is 7.63. The molecular formula is C16H19N3O. The number of carbonyl (C=O) groups excluding carboxylic acids is 1. The zero-order valence-electron chi connectivity index (χ0n) is 11.5. The van der Waals surface area contributed by atoms with Crippen LogP contribution in [-0.2, 0) is 16.8 Å². The highest BCUT2D eigenvalue weighted by Gasteiger charge is 2.35. The fourth-order valence-corrected chi connectivity index (χ4v) is 3.16. The second-order valence-corrected chi connectivity index (χ2v) is 5.59. The minimum absolute atomic E-state index is 0.112. The summed E-state index contributed by atoms with van der Waals surface area (Å²) in [6, 6.07) is 10.6. The third-order valence-electron chi connectivity index (χ3n) is 4.44. The lowest BCUT2D eigenvalue weighted by Gasteiger charge is -2.37. The molecule has 20 heavy (non-hydrogen) atoms. The van der Waals surface area contributed by atoms with E-state index < -0.39 is 0 Å². The van der Waals surface area contributed by atoms with E-state index in [1.54, 1.807) is 12.7 Å². The van der Waals surface area contributed by atoms with E-state index in [9.17, 15) is 4.79 Å². The lowest BCUT2D eigenvalue weighted by atomic mass is 9.67. The Morgan fingerprint density at radius 3 is 2.55 bits per heavy atom. The first-order valence-corrected chi connectivity index (χ1v) is 7.18. The zero-order valence-corrected chi connectivity index (χ0v) is 11.5. The monoisotopic (exact) mass is 269 g/mol. The van der Waals surface area contributed by atoms with E-state index >= 15 is 0 Å². The van der Waals surface area contributed by atoms with E-state index in [1.165, 1.54) is 5.56 Å². The molecule has 0 N–H and O–H groups in total. The van der Waals surface area contributed by atoms with Crippen molar-refractivity contribution in [2.75, 3.05) is 0 Å². The standard InChI is InChI=1S/C16H19N3O/c20-15-6-8-16(9-7-15,14-4-2-1-3-5-14)10-11-19-13-17-12-18-19/h1-5,12-13H,6-11H2. The van der Waals surface area contributed by atoms with Gasteiger partial charge < -0.3 is 0 Å². The van der Waals surface area contributed by atoms with Gasteiger partial charge in [-0.15, -0.1) is 0 Å². The van der Waals surface area contributed by atoms with Crippen molar-refractivity contribution in [3.05, 3.63) is 48.5 Å². The van der Waals surface area contributed by atoms with Crippen molar-refractivity contribution in [2.45, 2.75) is 44.1 Å². The van der Waals surface area contributed by atoms with Gasteiger partial charge in [0.2, 0.25) is 0 Å². The Kier molecular flexibility index (Phi) is 3.63. The maximum absolute atomic E-state index is 11.6. The van der Waals surface area contributed by atoms with Crippen molar-refractivity contribution in [3.63, 3.8) is 0 Å². The molecule has 1 aromatic heterocycles. The van der Waals surface area contributed by atoms with Gasteiger partial charge in [-0.3, -0.25) is 9.48 Å². The molecule has 0 bridgehead atoms. The van der Waals surface area contributed by atoms with Crippen molar-refractivity contribution in [2.24, 2.45) is 0 Å². The number of aryl methyl sites for hydroxylation is 1. The SMILES string of the molecule is O=C1CCC(CCn2cncn2)(c2ccccc2)CC1. The number of Topliss-reactive ketones (excluding diaryl/α,β-unsaturated/α-hetero) is 1. The van der Waals surface area contributed by atoms with Gasteiger partial charge in [-0.1, -0.05) is 30.3 Å². The van der Waals surface area contributed by atoms with Crippen molar-refractivity contribution in [3.8, 4) is 0 Å².